The van der Waals surface area contributed by atoms with E-state index in [0.29, 0.717) is 11.5 Å². The Hall–Kier alpha value is -1.03. The van der Waals surface area contributed by atoms with Gasteiger partial charge in [0.25, 0.3) is 5.76 Å². The summed E-state index contributed by atoms with van der Waals surface area (Å²) < 4.78 is 22.4. The number of nitrogens with one attached hydrogen (secondary N) is 1. The van der Waals surface area contributed by atoms with Crippen molar-refractivity contribution in [1.82, 2.24) is 5.32 Å². The van der Waals surface area contributed by atoms with Crippen LogP contribution in [0.4, 0.5) is 4.39 Å². The van der Waals surface area contributed by atoms with Crippen molar-refractivity contribution in [3.63, 3.8) is 0 Å². The second-order valence-electron chi connectivity index (χ2n) is 3.65. The molecule has 1 rings (SSSR count). The van der Waals surface area contributed by atoms with Crippen LogP contribution in [0, 0.1) is 0 Å². The molecule has 1 atom stereocenters. The molecule has 100 valence electrons. The average molecular weight is 246 g/mol. The second-order valence-corrected chi connectivity index (χ2v) is 3.65. The van der Waals surface area contributed by atoms with Crippen molar-refractivity contribution in [2.75, 3.05) is 20.2 Å². The fraction of sp³-hybridized carbons (Fsp3) is 0.692. The number of ether oxygens (including phenoxy) is 2. The zero-order chi connectivity index (χ0) is 13.3. The molecule has 1 unspecified atom stereocenters. The number of hydrogen-bond donors (Lipinski definition) is 1. The van der Waals surface area contributed by atoms with Crippen LogP contribution in [0.5, 0.6) is 0 Å². The fourth-order valence-electron chi connectivity index (χ4n) is 1.47. The third kappa shape index (κ3) is 6.31. The number of halogens is 1. The lowest BCUT2D eigenvalue weighted by atomic mass is 10.3. The molecule has 1 heterocycles. The minimum atomic E-state index is -0.254. The topological polar surface area (TPSA) is 34.1 Å². The third-order valence-electron chi connectivity index (χ3n) is 2.36. The summed E-state index contributed by atoms with van der Waals surface area (Å²) in [7, 11) is 1.57. The molecule has 1 aliphatic heterocycles. The number of aliphatic hydroxyl groups is 2. The first kappa shape index (κ1) is 16.0. The minimum absolute atomic E-state index is 0.237. The highest BCUT2D eigenvalue weighted by atomic mass is 19.1. The molecule has 0 saturated carbocycles. The van der Waals surface area contributed by atoms with E-state index in [0.717, 1.165) is 19.5 Å². The molecule has 1 fully saturated rings. The first-order valence-corrected chi connectivity index (χ1v) is 6.13. The summed E-state index contributed by atoms with van der Waals surface area (Å²) in [5.41, 5.74) is 0. The minimum Gasteiger partial charge on any atom is -0.577 e. The SMILES string of the molecule is CC.CO/C(C)=C(/C=C(\C)F)[OH+]C1CCNC1. The largest absolute Gasteiger partial charge is 0.577 e. The normalized spacial score (nSPS) is 21.3. The molecule has 1 aliphatic rings. The Balaban J connectivity index is 0.00000121. The van der Waals surface area contributed by atoms with Gasteiger partial charge in [-0.3, -0.25) is 0 Å². The van der Waals surface area contributed by atoms with Crippen LogP contribution >= 0.6 is 0 Å². The van der Waals surface area contributed by atoms with Gasteiger partial charge in [-0.25, -0.2) is 4.39 Å². The third-order valence-corrected chi connectivity index (χ3v) is 2.36. The maximum Gasteiger partial charge on any atom is 0.295 e. The maximum atomic E-state index is 12.8. The lowest BCUT2D eigenvalue weighted by Crippen LogP contribution is -2.20. The molecule has 0 bridgehead atoms. The Bertz CT molecular complexity index is 265. The molecule has 0 radical (unpaired) electrons. The second kappa shape index (κ2) is 9.05. The van der Waals surface area contributed by atoms with Crippen LogP contribution in [0.25, 0.3) is 0 Å². The highest BCUT2D eigenvalue weighted by Crippen LogP contribution is 2.14. The maximum absolute atomic E-state index is 12.8. The van der Waals surface area contributed by atoms with Gasteiger partial charge in [-0.1, -0.05) is 13.8 Å². The molecule has 1 saturated heterocycles. The van der Waals surface area contributed by atoms with E-state index in [9.17, 15) is 4.39 Å². The molecule has 0 aromatic carbocycles. The van der Waals surface area contributed by atoms with Crippen LogP contribution in [0.15, 0.2) is 23.4 Å². The fourth-order valence-corrected chi connectivity index (χ4v) is 1.47. The van der Waals surface area contributed by atoms with Crippen LogP contribution < -0.4 is 5.32 Å². The average Bonchev–Trinajstić information content (AvgIpc) is 2.82. The lowest BCUT2D eigenvalue weighted by Gasteiger charge is -2.12. The van der Waals surface area contributed by atoms with Crippen molar-refractivity contribution in [3.8, 4) is 0 Å². The van der Waals surface area contributed by atoms with Crippen LogP contribution in [-0.4, -0.2) is 31.0 Å². The highest BCUT2D eigenvalue weighted by Gasteiger charge is 2.22. The van der Waals surface area contributed by atoms with Crippen LogP contribution in [0.2, 0.25) is 0 Å². The molecule has 17 heavy (non-hydrogen) atoms. The molecule has 0 amide bonds. The van der Waals surface area contributed by atoms with Gasteiger partial charge in [-0.05, 0) is 6.92 Å². The van der Waals surface area contributed by atoms with E-state index in [1.54, 1.807) is 14.0 Å². The summed E-state index contributed by atoms with van der Waals surface area (Å²) in [6.07, 6.45) is 2.65. The Morgan fingerprint density at radius 3 is 2.47 bits per heavy atom. The molecule has 3 nitrogen and oxygen atoms in total. The molecular formula is C13H25FNO2+. The summed E-state index contributed by atoms with van der Waals surface area (Å²) in [5, 5.41) is 3.22. The Morgan fingerprint density at radius 1 is 1.41 bits per heavy atom. The zero-order valence-electron chi connectivity index (χ0n) is 11.5. The van der Waals surface area contributed by atoms with E-state index in [-0.39, 0.29) is 11.9 Å². The first-order valence-electron chi connectivity index (χ1n) is 6.13. The van der Waals surface area contributed by atoms with E-state index >= 15 is 0 Å². The van der Waals surface area contributed by atoms with E-state index in [1.807, 2.05) is 13.8 Å². The van der Waals surface area contributed by atoms with Crippen molar-refractivity contribution >= 4 is 0 Å². The van der Waals surface area contributed by atoms with Crippen LogP contribution in [-0.2, 0) is 4.74 Å². The van der Waals surface area contributed by atoms with E-state index in [1.165, 1.54) is 13.0 Å². The molecule has 0 spiro atoms. The van der Waals surface area contributed by atoms with E-state index in [2.05, 4.69) is 10.1 Å². The first-order chi connectivity index (χ1) is 8.13. The predicted molar refractivity (Wildman–Crippen MR) is 69.4 cm³/mol. The van der Waals surface area contributed by atoms with Crippen molar-refractivity contribution < 1.29 is 13.9 Å². The lowest BCUT2D eigenvalue weighted by molar-refractivity contribution is -0.0326. The highest BCUT2D eigenvalue weighted by molar-refractivity contribution is 5.16. The van der Waals surface area contributed by atoms with Gasteiger partial charge in [0.05, 0.1) is 19.7 Å². The van der Waals surface area contributed by atoms with Gasteiger partial charge in [-0.2, -0.15) is 0 Å². The van der Waals surface area contributed by atoms with Gasteiger partial charge in [0.1, 0.15) is 5.83 Å². The summed E-state index contributed by atoms with van der Waals surface area (Å²) >= 11 is 0. The quantitative estimate of drug-likeness (QED) is 0.470. The predicted octanol–water partition coefficient (Wildman–Crippen LogP) is 2.65. The Morgan fingerprint density at radius 2 is 2.06 bits per heavy atom. The molecule has 2 N–H and O–H groups in total. The number of allylic oxidation sites excluding steroid dienone is 3. The molecule has 0 aromatic heterocycles. The van der Waals surface area contributed by atoms with E-state index in [4.69, 9.17) is 4.74 Å². The Labute approximate surface area is 104 Å². The summed E-state index contributed by atoms with van der Waals surface area (Å²) in [5.74, 6) is 1.00. The van der Waals surface area contributed by atoms with Crippen LogP contribution in [0.3, 0.4) is 0 Å². The zero-order valence-corrected chi connectivity index (χ0v) is 11.5. The summed E-state index contributed by atoms with van der Waals surface area (Å²) in [6, 6.07) is 0. The van der Waals surface area contributed by atoms with Gasteiger partial charge in [-0.15, -0.1) is 0 Å². The monoisotopic (exact) mass is 246 g/mol. The van der Waals surface area contributed by atoms with Gasteiger partial charge in [0, 0.05) is 19.9 Å². The van der Waals surface area contributed by atoms with E-state index < -0.39 is 0 Å². The van der Waals surface area contributed by atoms with Crippen LogP contribution in [0.1, 0.15) is 34.1 Å². The molecule has 0 aliphatic carbocycles. The standard InChI is InChI=1S/C11H18FNO2.C2H6/c1-8(12)6-11(9(2)14-3)15-10-4-5-13-7-10;1-2/h6,10,13H,4-5,7H2,1-3H3;1-2H3/p+1/b8-6+,11-9-;. The molecule has 0 aromatic rings. The number of rotatable bonds is 4. The summed E-state index contributed by atoms with van der Waals surface area (Å²) in [6.45, 7) is 9.04. The molecule has 4 heteroatoms. The van der Waals surface area contributed by atoms with Crippen molar-refractivity contribution in [2.24, 2.45) is 0 Å². The number of hydrogen-bond acceptors (Lipinski definition) is 2. The van der Waals surface area contributed by atoms with Gasteiger partial charge in [0.2, 0.25) is 0 Å². The smallest absolute Gasteiger partial charge is 0.295 e. The van der Waals surface area contributed by atoms with Crippen molar-refractivity contribution in [1.29, 1.82) is 0 Å². The summed E-state index contributed by atoms with van der Waals surface area (Å²) in [4.78, 5) is 0. The van der Waals surface area contributed by atoms with Crippen molar-refractivity contribution in [2.45, 2.75) is 40.2 Å². The van der Waals surface area contributed by atoms with Gasteiger partial charge >= 0.3 is 0 Å². The number of methoxy groups -OCH3 is 1. The van der Waals surface area contributed by atoms with Crippen molar-refractivity contribution in [3.05, 3.63) is 23.4 Å². The van der Waals surface area contributed by atoms with Gasteiger partial charge < -0.3 is 14.8 Å². The van der Waals surface area contributed by atoms with Gasteiger partial charge in [0.15, 0.2) is 11.9 Å². The molecular weight excluding hydrogens is 221 g/mol. The Kier molecular flexibility index (Phi) is 8.50.